The third-order valence-corrected chi connectivity index (χ3v) is 8.09. The Morgan fingerprint density at radius 1 is 1.26 bits per heavy atom. The Balaban J connectivity index is 1.29. The predicted octanol–water partition coefficient (Wildman–Crippen LogP) is 3.36. The number of hydrogen-bond donors (Lipinski definition) is 3. The summed E-state index contributed by atoms with van der Waals surface area (Å²) in [5.41, 5.74) is -4.89. The Hall–Kier alpha value is -3.25. The molecule has 3 N–H and O–H groups in total. The van der Waals surface area contributed by atoms with E-state index in [1.54, 1.807) is 32.0 Å². The van der Waals surface area contributed by atoms with E-state index in [2.05, 4.69) is 44.5 Å². The van der Waals surface area contributed by atoms with Gasteiger partial charge in [0, 0.05) is 25.3 Å². The lowest BCUT2D eigenvalue weighted by Crippen LogP contribution is -2.62. The molecule has 42 heavy (non-hydrogen) atoms. The molecule has 0 atom stereocenters. The van der Waals surface area contributed by atoms with Crippen LogP contribution in [0.4, 0.5) is 19.0 Å². The molecule has 14 heteroatoms. The summed E-state index contributed by atoms with van der Waals surface area (Å²) in [5.74, 6) is 5.59. The number of fused-ring (bicyclic) bond motifs is 1. The number of likely N-dealkylation sites (tertiary alicyclic amines) is 1. The molecule has 2 aliphatic heterocycles. The first-order valence-corrected chi connectivity index (χ1v) is 14.5. The molecule has 3 aromatic rings. The molecule has 0 bridgehead atoms. The molecule has 2 fully saturated rings. The van der Waals surface area contributed by atoms with Crippen molar-refractivity contribution in [3.8, 4) is 11.8 Å². The van der Waals surface area contributed by atoms with Crippen molar-refractivity contribution in [1.82, 2.24) is 29.6 Å². The van der Waals surface area contributed by atoms with E-state index in [0.717, 1.165) is 39.1 Å². The number of alkyl halides is 3. The van der Waals surface area contributed by atoms with E-state index in [9.17, 15) is 23.1 Å². The van der Waals surface area contributed by atoms with Gasteiger partial charge in [0.05, 0.1) is 59.6 Å². The normalized spacial score (nSPS) is 17.9. The number of ether oxygens (including phenoxy) is 1. The van der Waals surface area contributed by atoms with Gasteiger partial charge < -0.3 is 20.5 Å². The van der Waals surface area contributed by atoms with E-state index in [0.29, 0.717) is 11.3 Å². The van der Waals surface area contributed by atoms with Crippen LogP contribution in [0.25, 0.3) is 5.52 Å². The molecule has 0 radical (unpaired) electrons. The van der Waals surface area contributed by atoms with Gasteiger partial charge in [-0.25, -0.2) is 4.52 Å². The van der Waals surface area contributed by atoms with Crippen molar-refractivity contribution in [2.75, 3.05) is 38.2 Å². The number of halogens is 3. The number of carbonyl (C=O) groups is 1. The summed E-state index contributed by atoms with van der Waals surface area (Å²) in [6.07, 6.45) is 4.65. The number of nitrogens with zero attached hydrogens (tertiary/aromatic N) is 5. The van der Waals surface area contributed by atoms with Crippen molar-refractivity contribution in [2.45, 2.75) is 67.7 Å². The Morgan fingerprint density at radius 2 is 2.00 bits per heavy atom. The van der Waals surface area contributed by atoms with Crippen LogP contribution in [-0.2, 0) is 11.3 Å². The molecular weight excluding hydrogens is 571 g/mol. The quantitative estimate of drug-likeness (QED) is 0.265. The maximum absolute atomic E-state index is 13.5. The van der Waals surface area contributed by atoms with Gasteiger partial charge in [-0.2, -0.15) is 23.4 Å². The van der Waals surface area contributed by atoms with Crippen LogP contribution in [0, 0.1) is 11.8 Å². The molecule has 10 nitrogen and oxygen atoms in total. The third-order valence-electron chi connectivity index (χ3n) is 7.25. The van der Waals surface area contributed by atoms with Gasteiger partial charge in [0.2, 0.25) is 0 Å². The van der Waals surface area contributed by atoms with Gasteiger partial charge in [0.25, 0.3) is 5.91 Å². The average Bonchev–Trinajstić information content (AvgIpc) is 3.49. The molecule has 5 heterocycles. The van der Waals surface area contributed by atoms with Crippen LogP contribution in [-0.4, -0.2) is 90.8 Å². The number of carbonyl (C=O) groups excluding carboxylic acids is 1. The molecule has 226 valence electrons. The first kappa shape index (κ1) is 30.2. The maximum Gasteiger partial charge on any atom is 0.446 e. The fourth-order valence-electron chi connectivity index (χ4n) is 5.13. The standard InChI is InChI=1S/C28H34F3N7O3S/c1-26(2,40)16-37-15-19(14-33-37)25(39)32-11-5-6-21-24(42-28(29,30)31)22-7-4-8-23(38(22)35-21)34-20-9-12-36(13-10-20)27(3)17-41-18-27/h4,7-8,14-15,20,34,40H,9-13,16-18H2,1-3H3,(H,32,39). The monoisotopic (exact) mass is 605 g/mol. The molecule has 0 spiro atoms. The fraction of sp³-hybridized carbons (Fsp3) is 0.536. The van der Waals surface area contributed by atoms with Crippen LogP contribution in [0.1, 0.15) is 49.7 Å². The number of pyridine rings is 1. The summed E-state index contributed by atoms with van der Waals surface area (Å²) < 4.78 is 48.9. The van der Waals surface area contributed by atoms with Gasteiger partial charge in [-0.05, 0) is 63.4 Å². The van der Waals surface area contributed by atoms with Gasteiger partial charge in [-0.1, -0.05) is 12.0 Å². The van der Waals surface area contributed by atoms with Crippen LogP contribution in [0.2, 0.25) is 0 Å². The third kappa shape index (κ3) is 7.20. The van der Waals surface area contributed by atoms with E-state index >= 15 is 0 Å². The lowest BCUT2D eigenvalue weighted by Gasteiger charge is -2.49. The number of anilines is 1. The van der Waals surface area contributed by atoms with Crippen LogP contribution < -0.4 is 10.6 Å². The van der Waals surface area contributed by atoms with Gasteiger partial charge in [-0.3, -0.25) is 14.4 Å². The number of aliphatic hydroxyl groups is 1. The highest BCUT2D eigenvalue weighted by atomic mass is 32.2. The summed E-state index contributed by atoms with van der Waals surface area (Å²) in [5, 5.41) is 24.5. The largest absolute Gasteiger partial charge is 0.446 e. The highest BCUT2D eigenvalue weighted by Crippen LogP contribution is 2.41. The maximum atomic E-state index is 13.5. The molecule has 0 aromatic carbocycles. The zero-order valence-corrected chi connectivity index (χ0v) is 24.5. The number of aromatic nitrogens is 4. The van der Waals surface area contributed by atoms with E-state index in [4.69, 9.17) is 4.74 Å². The average molecular weight is 606 g/mol. The van der Waals surface area contributed by atoms with Crippen molar-refractivity contribution >= 4 is 29.0 Å². The second-order valence-corrected chi connectivity index (χ2v) is 12.6. The number of nitrogens with one attached hydrogen (secondary N) is 2. The summed E-state index contributed by atoms with van der Waals surface area (Å²) >= 11 is -0.252. The minimum atomic E-state index is -4.53. The number of amides is 1. The molecule has 0 unspecified atom stereocenters. The minimum Gasteiger partial charge on any atom is -0.389 e. The molecule has 1 amide bonds. The fourth-order valence-corrected chi connectivity index (χ4v) is 5.81. The van der Waals surface area contributed by atoms with Crippen molar-refractivity contribution in [1.29, 1.82) is 0 Å². The second-order valence-electron chi connectivity index (χ2n) is 11.6. The van der Waals surface area contributed by atoms with Gasteiger partial charge >= 0.3 is 5.51 Å². The van der Waals surface area contributed by atoms with Gasteiger partial charge in [0.1, 0.15) is 11.5 Å². The minimum absolute atomic E-state index is 0.0217. The van der Waals surface area contributed by atoms with Gasteiger partial charge in [0.15, 0.2) is 0 Å². The Bertz CT molecular complexity index is 1490. The highest BCUT2D eigenvalue weighted by Gasteiger charge is 2.41. The Labute approximate surface area is 246 Å². The highest BCUT2D eigenvalue weighted by molar-refractivity contribution is 8.00. The summed E-state index contributed by atoms with van der Waals surface area (Å²) in [6, 6.07) is 5.24. The smallest absolute Gasteiger partial charge is 0.389 e. The molecule has 3 aromatic heterocycles. The van der Waals surface area contributed by atoms with Crippen molar-refractivity contribution in [3.63, 3.8) is 0 Å². The SMILES string of the molecule is CC(C)(O)Cn1cc(C(=O)NCC#Cc2nn3c(NC4CCN(C5(C)COC5)CC4)cccc3c2SC(F)(F)F)cn1. The van der Waals surface area contributed by atoms with Crippen LogP contribution in [0.5, 0.6) is 0 Å². The number of rotatable bonds is 8. The van der Waals surface area contributed by atoms with Crippen molar-refractivity contribution in [3.05, 3.63) is 41.9 Å². The van der Waals surface area contributed by atoms with E-state index in [-0.39, 0.29) is 52.6 Å². The second kappa shape index (κ2) is 11.8. The number of piperidine rings is 1. The van der Waals surface area contributed by atoms with E-state index < -0.39 is 17.0 Å². The Kier molecular flexibility index (Phi) is 8.48. The Morgan fingerprint density at radius 3 is 2.64 bits per heavy atom. The lowest BCUT2D eigenvalue weighted by atomic mass is 9.93. The van der Waals surface area contributed by atoms with Crippen LogP contribution in [0.3, 0.4) is 0 Å². The zero-order valence-electron chi connectivity index (χ0n) is 23.7. The first-order valence-electron chi connectivity index (χ1n) is 13.7. The summed E-state index contributed by atoms with van der Waals surface area (Å²) in [6.45, 7) is 8.85. The first-order chi connectivity index (χ1) is 19.8. The van der Waals surface area contributed by atoms with E-state index in [1.165, 1.54) is 21.6 Å². The van der Waals surface area contributed by atoms with E-state index in [1.807, 2.05) is 0 Å². The molecular formula is C28H34F3N7O3S. The molecule has 2 aliphatic rings. The van der Waals surface area contributed by atoms with Crippen LogP contribution >= 0.6 is 11.8 Å². The van der Waals surface area contributed by atoms with Crippen LogP contribution in [0.15, 0.2) is 35.5 Å². The van der Waals surface area contributed by atoms with Crippen molar-refractivity contribution < 1.29 is 27.8 Å². The predicted molar refractivity (Wildman–Crippen MR) is 152 cm³/mol. The lowest BCUT2D eigenvalue weighted by molar-refractivity contribution is -0.135. The van der Waals surface area contributed by atoms with Gasteiger partial charge in [-0.15, -0.1) is 0 Å². The number of hydrogen-bond acceptors (Lipinski definition) is 8. The molecule has 0 saturated carbocycles. The summed E-state index contributed by atoms with van der Waals surface area (Å²) in [7, 11) is 0. The number of thioether (sulfide) groups is 1. The molecule has 5 rings (SSSR count). The van der Waals surface area contributed by atoms with Crippen molar-refractivity contribution in [2.24, 2.45) is 0 Å². The summed E-state index contributed by atoms with van der Waals surface area (Å²) in [4.78, 5) is 14.8. The molecule has 0 aliphatic carbocycles. The molecule has 2 saturated heterocycles. The zero-order chi connectivity index (χ0) is 30.1. The topological polar surface area (TPSA) is 109 Å².